The number of carbonyl (C=O) groups is 1. The van der Waals surface area contributed by atoms with Crippen LogP contribution in [0.15, 0.2) is 35.9 Å². The summed E-state index contributed by atoms with van der Waals surface area (Å²) < 4.78 is 5.62. The van der Waals surface area contributed by atoms with Gasteiger partial charge in [-0.2, -0.15) is 0 Å². The molecule has 0 amide bonds. The Morgan fingerprint density at radius 2 is 2.11 bits per heavy atom. The number of fused-ring (bicyclic) bond motifs is 1. The quantitative estimate of drug-likeness (QED) is 0.791. The predicted molar refractivity (Wildman–Crippen MR) is 70.9 cm³/mol. The summed E-state index contributed by atoms with van der Waals surface area (Å²) in [6, 6.07) is 7.94. The largest absolute Gasteiger partial charge is 0.493 e. The van der Waals surface area contributed by atoms with E-state index in [0.717, 1.165) is 42.6 Å². The third-order valence-electron chi connectivity index (χ3n) is 3.88. The molecule has 2 nitrogen and oxygen atoms in total. The Morgan fingerprint density at radius 3 is 2.94 bits per heavy atom. The first-order chi connectivity index (χ1) is 8.86. The molecule has 1 heterocycles. The predicted octanol–water partition coefficient (Wildman–Crippen LogP) is 3.62. The zero-order chi connectivity index (χ0) is 12.4. The van der Waals surface area contributed by atoms with Gasteiger partial charge in [0.2, 0.25) is 0 Å². The molecule has 94 valence electrons. The molecule has 0 aromatic heterocycles. The van der Waals surface area contributed by atoms with Crippen LogP contribution < -0.4 is 4.74 Å². The van der Waals surface area contributed by atoms with Gasteiger partial charge in [-0.05, 0) is 43.7 Å². The molecular formula is C16H18O2. The molecule has 2 heteroatoms. The van der Waals surface area contributed by atoms with E-state index in [1.54, 1.807) is 0 Å². The van der Waals surface area contributed by atoms with Crippen LogP contribution in [0.1, 0.15) is 43.6 Å². The van der Waals surface area contributed by atoms with Gasteiger partial charge in [0.05, 0.1) is 12.5 Å². The second kappa shape index (κ2) is 4.97. The number of allylic oxidation sites excluding steroid dienone is 2. The average Bonchev–Trinajstić information content (AvgIpc) is 2.47. The van der Waals surface area contributed by atoms with Gasteiger partial charge >= 0.3 is 0 Å². The Bertz CT molecular complexity index is 488. The van der Waals surface area contributed by atoms with Gasteiger partial charge in [-0.15, -0.1) is 0 Å². The number of hydrogen-bond donors (Lipinski definition) is 0. The molecule has 0 fully saturated rings. The molecule has 1 aliphatic carbocycles. The number of ether oxygens (including phenoxy) is 1. The van der Waals surface area contributed by atoms with Crippen LogP contribution in [-0.4, -0.2) is 12.4 Å². The Labute approximate surface area is 108 Å². The van der Waals surface area contributed by atoms with Crippen molar-refractivity contribution in [1.29, 1.82) is 0 Å². The van der Waals surface area contributed by atoms with Crippen molar-refractivity contribution in [3.05, 3.63) is 41.5 Å². The van der Waals surface area contributed by atoms with Crippen molar-refractivity contribution < 1.29 is 9.53 Å². The van der Waals surface area contributed by atoms with Gasteiger partial charge in [-0.3, -0.25) is 4.79 Å². The normalized spacial score (nSPS) is 22.7. The lowest BCUT2D eigenvalue weighted by Crippen LogP contribution is -2.23. The number of ketones is 1. The maximum Gasteiger partial charge on any atom is 0.166 e. The van der Waals surface area contributed by atoms with Crippen LogP contribution in [0.4, 0.5) is 0 Å². The minimum absolute atomic E-state index is 0.0132. The molecule has 0 saturated heterocycles. The molecule has 0 bridgehead atoms. The van der Waals surface area contributed by atoms with E-state index in [1.165, 1.54) is 6.42 Å². The third-order valence-corrected chi connectivity index (χ3v) is 3.88. The number of para-hydroxylation sites is 1. The number of hydrogen-bond acceptors (Lipinski definition) is 2. The minimum Gasteiger partial charge on any atom is -0.493 e. The maximum atomic E-state index is 12.6. The Hall–Kier alpha value is -1.57. The summed E-state index contributed by atoms with van der Waals surface area (Å²) >= 11 is 0. The molecule has 1 aliphatic heterocycles. The van der Waals surface area contributed by atoms with Crippen LogP contribution in [0.5, 0.6) is 5.75 Å². The Kier molecular flexibility index (Phi) is 3.18. The molecule has 2 aliphatic rings. The summed E-state index contributed by atoms with van der Waals surface area (Å²) in [5.74, 6) is 1.23. The Morgan fingerprint density at radius 1 is 1.22 bits per heavy atom. The molecule has 0 radical (unpaired) electrons. The fraction of sp³-hybridized carbons (Fsp3) is 0.438. The summed E-state index contributed by atoms with van der Waals surface area (Å²) in [4.78, 5) is 12.6. The van der Waals surface area contributed by atoms with Gasteiger partial charge in [-0.1, -0.05) is 24.3 Å². The van der Waals surface area contributed by atoms with E-state index < -0.39 is 0 Å². The van der Waals surface area contributed by atoms with Crippen LogP contribution in [0.3, 0.4) is 0 Å². The van der Waals surface area contributed by atoms with Crippen molar-refractivity contribution in [2.45, 2.75) is 38.0 Å². The second-order valence-electron chi connectivity index (χ2n) is 5.07. The second-order valence-corrected chi connectivity index (χ2v) is 5.07. The molecule has 3 rings (SSSR count). The molecule has 0 N–H and O–H groups in total. The molecule has 18 heavy (non-hydrogen) atoms. The standard InChI is InChI=1S/C16H18O2/c17-16(12-6-2-1-3-7-12)14-10-11-18-15-9-5-4-8-13(14)15/h4-6,8-9,14H,1-3,7,10-11H2. The first kappa shape index (κ1) is 11.5. The van der Waals surface area contributed by atoms with Crippen molar-refractivity contribution in [3.8, 4) is 5.75 Å². The lowest BCUT2D eigenvalue weighted by atomic mass is 9.83. The summed E-state index contributed by atoms with van der Waals surface area (Å²) in [5.41, 5.74) is 2.11. The smallest absolute Gasteiger partial charge is 0.166 e. The van der Waals surface area contributed by atoms with Crippen LogP contribution in [0, 0.1) is 0 Å². The highest BCUT2D eigenvalue weighted by atomic mass is 16.5. The van der Waals surface area contributed by atoms with Gasteiger partial charge < -0.3 is 4.74 Å². The van der Waals surface area contributed by atoms with E-state index in [-0.39, 0.29) is 5.92 Å². The maximum absolute atomic E-state index is 12.6. The molecule has 1 atom stereocenters. The molecule has 0 spiro atoms. The fourth-order valence-corrected chi connectivity index (χ4v) is 2.90. The highest BCUT2D eigenvalue weighted by Gasteiger charge is 2.29. The number of carbonyl (C=O) groups excluding carboxylic acids is 1. The van der Waals surface area contributed by atoms with Gasteiger partial charge in [0.15, 0.2) is 5.78 Å². The monoisotopic (exact) mass is 242 g/mol. The summed E-state index contributed by atoms with van der Waals surface area (Å²) in [6.45, 7) is 0.653. The van der Waals surface area contributed by atoms with Crippen molar-refractivity contribution in [2.24, 2.45) is 0 Å². The summed E-state index contributed by atoms with van der Waals surface area (Å²) in [6.07, 6.45) is 7.35. The van der Waals surface area contributed by atoms with E-state index in [2.05, 4.69) is 6.08 Å². The van der Waals surface area contributed by atoms with Crippen molar-refractivity contribution in [1.82, 2.24) is 0 Å². The zero-order valence-electron chi connectivity index (χ0n) is 10.5. The molecule has 1 unspecified atom stereocenters. The number of Topliss-reactive ketones (excluding diaryl/α,β-unsaturated/α-hetero) is 1. The molecular weight excluding hydrogens is 224 g/mol. The van der Waals surface area contributed by atoms with Crippen LogP contribution >= 0.6 is 0 Å². The third kappa shape index (κ3) is 2.07. The van der Waals surface area contributed by atoms with Gasteiger partial charge in [0.1, 0.15) is 5.75 Å². The first-order valence-corrected chi connectivity index (χ1v) is 6.81. The van der Waals surface area contributed by atoms with Crippen molar-refractivity contribution >= 4 is 5.78 Å². The lowest BCUT2D eigenvalue weighted by Gasteiger charge is -2.26. The van der Waals surface area contributed by atoms with E-state index in [0.29, 0.717) is 12.4 Å². The number of rotatable bonds is 2. The van der Waals surface area contributed by atoms with Crippen LogP contribution in [0.2, 0.25) is 0 Å². The topological polar surface area (TPSA) is 26.3 Å². The molecule has 1 aromatic rings. The van der Waals surface area contributed by atoms with Crippen molar-refractivity contribution in [3.63, 3.8) is 0 Å². The Balaban J connectivity index is 1.89. The highest BCUT2D eigenvalue weighted by Crippen LogP contribution is 2.36. The van der Waals surface area contributed by atoms with Gasteiger partial charge in [0.25, 0.3) is 0 Å². The van der Waals surface area contributed by atoms with Crippen LogP contribution in [0.25, 0.3) is 0 Å². The van der Waals surface area contributed by atoms with E-state index in [1.807, 2.05) is 24.3 Å². The zero-order valence-corrected chi connectivity index (χ0v) is 10.5. The first-order valence-electron chi connectivity index (χ1n) is 6.81. The van der Waals surface area contributed by atoms with Gasteiger partial charge in [-0.25, -0.2) is 0 Å². The average molecular weight is 242 g/mol. The van der Waals surface area contributed by atoms with Crippen LogP contribution in [-0.2, 0) is 4.79 Å². The highest BCUT2D eigenvalue weighted by molar-refractivity contribution is 6.00. The molecule has 1 aromatic carbocycles. The van der Waals surface area contributed by atoms with E-state index >= 15 is 0 Å². The van der Waals surface area contributed by atoms with Crippen molar-refractivity contribution in [2.75, 3.05) is 6.61 Å². The number of benzene rings is 1. The minimum atomic E-state index is 0.0132. The van der Waals surface area contributed by atoms with Gasteiger partial charge in [0, 0.05) is 5.56 Å². The summed E-state index contributed by atoms with van der Waals surface area (Å²) in [5, 5.41) is 0. The fourth-order valence-electron chi connectivity index (χ4n) is 2.90. The van der Waals surface area contributed by atoms with E-state index in [9.17, 15) is 4.79 Å². The van der Waals surface area contributed by atoms with E-state index in [4.69, 9.17) is 4.74 Å². The molecule has 0 saturated carbocycles. The SMILES string of the molecule is O=C(C1=CCCCC1)C1CCOc2ccccc21. The summed E-state index contributed by atoms with van der Waals surface area (Å²) in [7, 11) is 0. The lowest BCUT2D eigenvalue weighted by molar-refractivity contribution is -0.117.